The van der Waals surface area contributed by atoms with Crippen molar-refractivity contribution in [2.45, 2.75) is 12.8 Å². The van der Waals surface area contributed by atoms with Crippen LogP contribution in [0.1, 0.15) is 18.4 Å². The molecule has 1 aliphatic rings. The molecule has 0 radical (unpaired) electrons. The first kappa shape index (κ1) is 27.7. The van der Waals surface area contributed by atoms with E-state index in [4.69, 9.17) is 44.3 Å². The number of carbonyl (C=O) groups excluding carboxylic acids is 3. The number of nitrogens with zero attached hydrogens (tertiary/aromatic N) is 1. The van der Waals surface area contributed by atoms with Crippen molar-refractivity contribution in [3.05, 3.63) is 67.6 Å². The summed E-state index contributed by atoms with van der Waals surface area (Å²) in [6.07, 6.45) is 0. The highest BCUT2D eigenvalue weighted by Gasteiger charge is 2.44. The van der Waals surface area contributed by atoms with Crippen LogP contribution in [0, 0.1) is 17.2 Å². The van der Waals surface area contributed by atoms with Gasteiger partial charge < -0.3 is 20.1 Å². The Kier molecular flexibility index (Phi) is 9.51. The Labute approximate surface area is 226 Å². The maximum Gasteiger partial charge on any atom is 0.319 e. The fraction of sp³-hybridized carbons (Fsp3) is 0.250. The zero-order valence-electron chi connectivity index (χ0n) is 19.1. The Bertz CT molecular complexity index is 1280. The first-order chi connectivity index (χ1) is 17.2. The fourth-order valence-electron chi connectivity index (χ4n) is 3.59. The smallest absolute Gasteiger partial charge is 0.319 e. The molecule has 1 heterocycles. The number of nitrogens with one attached hydrogen (secondary N) is 2. The minimum absolute atomic E-state index is 0.0869. The van der Waals surface area contributed by atoms with E-state index < -0.39 is 29.6 Å². The van der Waals surface area contributed by atoms with E-state index in [-0.39, 0.29) is 31.4 Å². The van der Waals surface area contributed by atoms with Gasteiger partial charge in [-0.3, -0.25) is 14.4 Å². The lowest BCUT2D eigenvalue weighted by atomic mass is 9.78. The number of hydrogen-bond donors (Lipinski definition) is 2. The van der Waals surface area contributed by atoms with Crippen molar-refractivity contribution >= 4 is 70.0 Å². The quantitative estimate of drug-likeness (QED) is 0.334. The highest BCUT2D eigenvalue weighted by molar-refractivity contribution is 8.03. The maximum absolute atomic E-state index is 13.0. The average molecular weight is 569 g/mol. The molecule has 2 amide bonds. The van der Waals surface area contributed by atoms with E-state index in [0.717, 1.165) is 18.9 Å². The number of anilines is 1. The van der Waals surface area contributed by atoms with Crippen LogP contribution in [0.4, 0.5) is 5.69 Å². The van der Waals surface area contributed by atoms with E-state index in [1.54, 1.807) is 43.3 Å². The van der Waals surface area contributed by atoms with Gasteiger partial charge in [-0.2, -0.15) is 5.26 Å². The molecule has 3 rings (SSSR count). The summed E-state index contributed by atoms with van der Waals surface area (Å²) >= 11 is 19.4. The Hall–Kier alpha value is -2.90. The van der Waals surface area contributed by atoms with Gasteiger partial charge in [0.25, 0.3) is 0 Å². The Morgan fingerprint density at radius 3 is 2.58 bits per heavy atom. The molecule has 2 atom stereocenters. The summed E-state index contributed by atoms with van der Waals surface area (Å²) in [7, 11) is 1.16. The summed E-state index contributed by atoms with van der Waals surface area (Å²) in [5.41, 5.74) is 0.854. The van der Waals surface area contributed by atoms with Crippen LogP contribution in [-0.4, -0.2) is 37.3 Å². The molecule has 0 aromatic heterocycles. The van der Waals surface area contributed by atoms with Gasteiger partial charge in [0.2, 0.25) is 11.8 Å². The van der Waals surface area contributed by atoms with Crippen LogP contribution in [0.15, 0.2) is 47.0 Å². The number of benzene rings is 2. The van der Waals surface area contributed by atoms with Gasteiger partial charge in [0.1, 0.15) is 11.7 Å². The molecule has 0 saturated heterocycles. The molecule has 0 unspecified atom stereocenters. The molecule has 0 fully saturated rings. The second kappa shape index (κ2) is 12.4. The molecule has 0 spiro atoms. The molecular weight excluding hydrogens is 549 g/mol. The van der Waals surface area contributed by atoms with E-state index in [0.29, 0.717) is 23.6 Å². The lowest BCUT2D eigenvalue weighted by Gasteiger charge is -2.31. The molecule has 0 aliphatic carbocycles. The number of thioether (sulfide) groups is 1. The summed E-state index contributed by atoms with van der Waals surface area (Å²) in [5.74, 6) is -3.99. The van der Waals surface area contributed by atoms with Crippen molar-refractivity contribution < 1.29 is 23.9 Å². The Morgan fingerprint density at radius 2 is 1.94 bits per heavy atom. The van der Waals surface area contributed by atoms with Crippen molar-refractivity contribution in [1.82, 2.24) is 5.32 Å². The third-order valence-electron chi connectivity index (χ3n) is 5.17. The molecule has 2 aromatic rings. The van der Waals surface area contributed by atoms with Crippen molar-refractivity contribution in [2.24, 2.45) is 5.92 Å². The van der Waals surface area contributed by atoms with Gasteiger partial charge in [-0.1, -0.05) is 58.7 Å². The van der Waals surface area contributed by atoms with Crippen LogP contribution in [0.3, 0.4) is 0 Å². The highest BCUT2D eigenvalue weighted by atomic mass is 35.5. The Morgan fingerprint density at radius 1 is 1.19 bits per heavy atom. The summed E-state index contributed by atoms with van der Waals surface area (Å²) in [4.78, 5) is 38.1. The average Bonchev–Trinajstić information content (AvgIpc) is 2.86. The second-order valence-electron chi connectivity index (χ2n) is 7.38. The number of allylic oxidation sites excluding steroid dienone is 1. The van der Waals surface area contributed by atoms with Crippen LogP contribution in [0.25, 0.3) is 0 Å². The van der Waals surface area contributed by atoms with Crippen LogP contribution in [-0.2, 0) is 19.1 Å². The van der Waals surface area contributed by atoms with Gasteiger partial charge >= 0.3 is 5.97 Å². The molecule has 2 N–H and O–H groups in total. The number of amides is 2. The van der Waals surface area contributed by atoms with Gasteiger partial charge in [-0.15, -0.1) is 0 Å². The van der Waals surface area contributed by atoms with Crippen molar-refractivity contribution in [3.8, 4) is 11.8 Å². The van der Waals surface area contributed by atoms with Gasteiger partial charge in [0, 0.05) is 5.92 Å². The monoisotopic (exact) mass is 567 g/mol. The lowest BCUT2D eigenvalue weighted by Crippen LogP contribution is -2.44. The van der Waals surface area contributed by atoms with Gasteiger partial charge in [0.05, 0.1) is 56.9 Å². The van der Waals surface area contributed by atoms with E-state index in [2.05, 4.69) is 16.7 Å². The summed E-state index contributed by atoms with van der Waals surface area (Å²) in [5, 5.41) is 16.1. The van der Waals surface area contributed by atoms with Crippen LogP contribution < -0.4 is 15.4 Å². The van der Waals surface area contributed by atoms with E-state index in [9.17, 15) is 19.6 Å². The van der Waals surface area contributed by atoms with Gasteiger partial charge in [-0.05, 0) is 36.8 Å². The first-order valence-corrected chi connectivity index (χ1v) is 12.7. The predicted molar refractivity (Wildman–Crippen MR) is 139 cm³/mol. The maximum atomic E-state index is 13.0. The van der Waals surface area contributed by atoms with Crippen LogP contribution in [0.2, 0.25) is 15.1 Å². The van der Waals surface area contributed by atoms with Crippen molar-refractivity contribution in [2.75, 3.05) is 24.8 Å². The molecule has 36 heavy (non-hydrogen) atoms. The zero-order chi connectivity index (χ0) is 26.4. The molecule has 8 nitrogen and oxygen atoms in total. The van der Waals surface area contributed by atoms with Crippen LogP contribution >= 0.6 is 46.6 Å². The van der Waals surface area contributed by atoms with Crippen molar-refractivity contribution in [1.29, 1.82) is 5.26 Å². The number of ether oxygens (including phenoxy) is 2. The number of carbonyl (C=O) groups is 3. The molecule has 1 aliphatic heterocycles. The first-order valence-electron chi connectivity index (χ1n) is 10.5. The summed E-state index contributed by atoms with van der Waals surface area (Å²) in [6.45, 7) is 2.20. The number of esters is 1. The van der Waals surface area contributed by atoms with Crippen LogP contribution in [0.5, 0.6) is 5.75 Å². The third kappa shape index (κ3) is 6.08. The number of hydrogen-bond acceptors (Lipinski definition) is 7. The van der Waals surface area contributed by atoms with Gasteiger partial charge in [0.15, 0.2) is 0 Å². The summed E-state index contributed by atoms with van der Waals surface area (Å²) in [6, 6.07) is 11.7. The Balaban J connectivity index is 1.93. The molecule has 0 saturated carbocycles. The second-order valence-corrected chi connectivity index (χ2v) is 9.56. The molecule has 2 aromatic carbocycles. The fourth-order valence-corrected chi connectivity index (χ4v) is 5.03. The van der Waals surface area contributed by atoms with E-state index >= 15 is 0 Å². The standard InChI is InChI=1S/C24H20Cl3N3O5S/c1-3-35-17-8-7-12(9-15(17)26)19-13(10-28)23(30-22(32)20(19)24(33)34-2)36-11-18(31)29-16-6-4-5-14(25)21(16)27/h4-9,19-20H,3,11H2,1-2H3,(H,29,31)(H,30,32)/t19-,20+/m0/s1. The molecular formula is C24H20Cl3N3O5S. The SMILES string of the molecule is CCOc1ccc([C@H]2C(C#N)=C(SCC(=O)Nc3cccc(Cl)c3Cl)NC(=O)[C@@H]2C(=O)OC)cc1Cl. The topological polar surface area (TPSA) is 118 Å². The normalized spacial score (nSPS) is 17.2. The number of halogens is 3. The summed E-state index contributed by atoms with van der Waals surface area (Å²) < 4.78 is 10.3. The lowest BCUT2D eigenvalue weighted by molar-refractivity contribution is -0.150. The minimum Gasteiger partial charge on any atom is -0.492 e. The minimum atomic E-state index is -1.33. The van der Waals surface area contributed by atoms with Gasteiger partial charge in [-0.25, -0.2) is 0 Å². The van der Waals surface area contributed by atoms with E-state index in [1.165, 1.54) is 0 Å². The largest absolute Gasteiger partial charge is 0.492 e. The third-order valence-corrected chi connectivity index (χ3v) is 7.30. The number of rotatable bonds is 8. The predicted octanol–water partition coefficient (Wildman–Crippen LogP) is 5.16. The number of methoxy groups -OCH3 is 1. The highest BCUT2D eigenvalue weighted by Crippen LogP contribution is 2.42. The molecule has 12 heteroatoms. The molecule has 188 valence electrons. The molecule has 0 bridgehead atoms. The van der Waals surface area contributed by atoms with Crippen molar-refractivity contribution in [3.63, 3.8) is 0 Å². The number of nitriles is 1. The zero-order valence-corrected chi connectivity index (χ0v) is 22.1. The van der Waals surface area contributed by atoms with E-state index in [1.807, 2.05) is 0 Å².